The molecule has 0 saturated heterocycles. The highest BCUT2D eigenvalue weighted by Crippen LogP contribution is 2.20. The van der Waals surface area contributed by atoms with Crippen LogP contribution in [0.2, 0.25) is 0 Å². The van der Waals surface area contributed by atoms with Crippen molar-refractivity contribution in [3.05, 3.63) is 0 Å². The summed E-state index contributed by atoms with van der Waals surface area (Å²) < 4.78 is 0. The van der Waals surface area contributed by atoms with Gasteiger partial charge in [0.05, 0.1) is 6.42 Å². The van der Waals surface area contributed by atoms with E-state index in [0.29, 0.717) is 5.92 Å². The van der Waals surface area contributed by atoms with E-state index < -0.39 is 5.97 Å². The van der Waals surface area contributed by atoms with Crippen LogP contribution in [0.1, 0.15) is 40.0 Å². The largest absolute Gasteiger partial charge is 0.481 e. The summed E-state index contributed by atoms with van der Waals surface area (Å²) in [6.07, 6.45) is 2.33. The van der Waals surface area contributed by atoms with Gasteiger partial charge in [0, 0.05) is 6.04 Å². The van der Waals surface area contributed by atoms with E-state index >= 15 is 0 Å². The van der Waals surface area contributed by atoms with E-state index in [0.717, 1.165) is 12.8 Å². The fourth-order valence-electron chi connectivity index (χ4n) is 1.53. The van der Waals surface area contributed by atoms with Gasteiger partial charge >= 0.3 is 5.97 Å². The van der Waals surface area contributed by atoms with E-state index in [9.17, 15) is 4.79 Å². The first-order valence-electron chi connectivity index (χ1n) is 4.96. The molecule has 0 aliphatic heterocycles. The summed E-state index contributed by atoms with van der Waals surface area (Å²) in [5.41, 5.74) is 5.77. The van der Waals surface area contributed by atoms with Crippen LogP contribution >= 0.6 is 0 Å². The van der Waals surface area contributed by atoms with E-state index in [2.05, 4.69) is 13.8 Å². The number of carboxylic acid groups (broad SMARTS) is 1. The Hall–Kier alpha value is -0.570. The van der Waals surface area contributed by atoms with Crippen LogP contribution in [0.3, 0.4) is 0 Å². The lowest BCUT2D eigenvalue weighted by atomic mass is 9.85. The normalized spacial score (nSPS) is 17.8. The molecule has 0 radical (unpaired) electrons. The van der Waals surface area contributed by atoms with Crippen molar-refractivity contribution >= 4 is 5.97 Å². The van der Waals surface area contributed by atoms with Gasteiger partial charge < -0.3 is 10.8 Å². The minimum atomic E-state index is -0.803. The number of carbonyl (C=O) groups is 1. The summed E-state index contributed by atoms with van der Waals surface area (Å²) in [5.74, 6) is -0.00144. The van der Waals surface area contributed by atoms with E-state index in [1.807, 2.05) is 6.92 Å². The first-order valence-corrected chi connectivity index (χ1v) is 4.96. The van der Waals surface area contributed by atoms with Crippen LogP contribution in [0.5, 0.6) is 0 Å². The molecule has 0 aliphatic carbocycles. The molecule has 3 N–H and O–H groups in total. The molecule has 1 unspecified atom stereocenters. The Bertz CT molecular complexity index is 159. The van der Waals surface area contributed by atoms with Gasteiger partial charge in [-0.3, -0.25) is 4.79 Å². The third-order valence-electron chi connectivity index (χ3n) is 2.73. The highest BCUT2D eigenvalue weighted by Gasteiger charge is 2.20. The topological polar surface area (TPSA) is 63.3 Å². The first kappa shape index (κ1) is 12.4. The van der Waals surface area contributed by atoms with Crippen molar-refractivity contribution in [2.75, 3.05) is 0 Å². The summed E-state index contributed by atoms with van der Waals surface area (Å²) in [6, 6.07) is -0.209. The molecule has 0 saturated carbocycles. The minimum Gasteiger partial charge on any atom is -0.481 e. The van der Waals surface area contributed by atoms with Gasteiger partial charge in [0.2, 0.25) is 0 Å². The van der Waals surface area contributed by atoms with E-state index in [1.54, 1.807) is 0 Å². The average molecular weight is 187 g/mol. The van der Waals surface area contributed by atoms with Gasteiger partial charge in [-0.2, -0.15) is 0 Å². The zero-order valence-corrected chi connectivity index (χ0v) is 8.79. The quantitative estimate of drug-likeness (QED) is 0.667. The summed E-state index contributed by atoms with van der Waals surface area (Å²) in [6.45, 7) is 6.30. The molecule has 13 heavy (non-hydrogen) atoms. The van der Waals surface area contributed by atoms with Crippen LogP contribution in [0.4, 0.5) is 0 Å². The zero-order chi connectivity index (χ0) is 10.4. The number of aliphatic carboxylic acids is 1. The minimum absolute atomic E-state index is 0.0786. The molecule has 0 aromatic heterocycles. The standard InChI is InChI=1S/C10H21NO2/c1-4-5-7(2)8(3)9(11)6-10(12)13/h7-9H,4-6,11H2,1-3H3,(H,12,13)/t7-,8-,9?/m1/s1. The Morgan fingerprint density at radius 3 is 2.38 bits per heavy atom. The van der Waals surface area contributed by atoms with Crippen LogP contribution in [0.15, 0.2) is 0 Å². The predicted octanol–water partition coefficient (Wildman–Crippen LogP) is 1.86. The third-order valence-corrected chi connectivity index (χ3v) is 2.73. The maximum atomic E-state index is 10.4. The van der Waals surface area contributed by atoms with Crippen molar-refractivity contribution in [3.8, 4) is 0 Å². The van der Waals surface area contributed by atoms with Gasteiger partial charge in [-0.15, -0.1) is 0 Å². The van der Waals surface area contributed by atoms with E-state index in [-0.39, 0.29) is 18.4 Å². The SMILES string of the molecule is CCC[C@@H](C)[C@@H](C)C(N)CC(=O)O. The molecular weight excluding hydrogens is 166 g/mol. The van der Waals surface area contributed by atoms with Crippen molar-refractivity contribution in [1.29, 1.82) is 0 Å². The van der Waals surface area contributed by atoms with Gasteiger partial charge in [0.1, 0.15) is 0 Å². The molecule has 0 heterocycles. The predicted molar refractivity (Wildman–Crippen MR) is 53.5 cm³/mol. The number of hydrogen-bond acceptors (Lipinski definition) is 2. The molecule has 3 heteroatoms. The van der Waals surface area contributed by atoms with Crippen LogP contribution in [0, 0.1) is 11.8 Å². The van der Waals surface area contributed by atoms with Crippen molar-refractivity contribution in [1.82, 2.24) is 0 Å². The summed E-state index contributed by atoms with van der Waals surface area (Å²) in [4.78, 5) is 10.4. The third kappa shape index (κ3) is 4.88. The van der Waals surface area contributed by atoms with Crippen molar-refractivity contribution in [2.45, 2.75) is 46.1 Å². The second-order valence-electron chi connectivity index (χ2n) is 3.89. The Kier molecular flexibility index (Phi) is 5.71. The van der Waals surface area contributed by atoms with Gasteiger partial charge in [-0.05, 0) is 11.8 Å². The Morgan fingerprint density at radius 1 is 1.46 bits per heavy atom. The summed E-state index contributed by atoms with van der Waals surface area (Å²) in [5, 5.41) is 8.56. The van der Waals surface area contributed by atoms with Gasteiger partial charge in [0.15, 0.2) is 0 Å². The molecule has 3 atom stereocenters. The van der Waals surface area contributed by atoms with Crippen molar-refractivity contribution in [2.24, 2.45) is 17.6 Å². The molecule has 0 bridgehead atoms. The molecular formula is C10H21NO2. The van der Waals surface area contributed by atoms with Crippen LogP contribution in [-0.2, 0) is 4.79 Å². The molecule has 0 fully saturated rings. The average Bonchev–Trinajstić information content (AvgIpc) is 2.02. The molecule has 0 spiro atoms. The lowest BCUT2D eigenvalue weighted by Gasteiger charge is -2.24. The maximum absolute atomic E-state index is 10.4. The fraction of sp³-hybridized carbons (Fsp3) is 0.900. The smallest absolute Gasteiger partial charge is 0.304 e. The number of nitrogens with two attached hydrogens (primary N) is 1. The van der Waals surface area contributed by atoms with Crippen LogP contribution in [0.25, 0.3) is 0 Å². The van der Waals surface area contributed by atoms with Gasteiger partial charge in [-0.1, -0.05) is 33.6 Å². The first-order chi connectivity index (χ1) is 5.99. The monoisotopic (exact) mass is 187 g/mol. The highest BCUT2D eigenvalue weighted by molar-refractivity contribution is 5.67. The lowest BCUT2D eigenvalue weighted by molar-refractivity contribution is -0.137. The van der Waals surface area contributed by atoms with Gasteiger partial charge in [0.25, 0.3) is 0 Å². The fourth-order valence-corrected chi connectivity index (χ4v) is 1.53. The van der Waals surface area contributed by atoms with Crippen LogP contribution in [-0.4, -0.2) is 17.1 Å². The second kappa shape index (κ2) is 5.97. The Morgan fingerprint density at radius 2 is 2.00 bits per heavy atom. The lowest BCUT2D eigenvalue weighted by Crippen LogP contribution is -2.34. The van der Waals surface area contributed by atoms with Crippen LogP contribution < -0.4 is 5.73 Å². The molecule has 3 nitrogen and oxygen atoms in total. The molecule has 78 valence electrons. The molecule has 0 aliphatic rings. The van der Waals surface area contributed by atoms with E-state index in [1.165, 1.54) is 0 Å². The Balaban J connectivity index is 3.92. The zero-order valence-electron chi connectivity index (χ0n) is 8.79. The molecule has 0 rings (SSSR count). The molecule has 0 amide bonds. The summed E-state index contributed by atoms with van der Waals surface area (Å²) >= 11 is 0. The van der Waals surface area contributed by atoms with E-state index in [4.69, 9.17) is 10.8 Å². The van der Waals surface area contributed by atoms with Crippen molar-refractivity contribution < 1.29 is 9.90 Å². The van der Waals surface area contributed by atoms with Crippen molar-refractivity contribution in [3.63, 3.8) is 0 Å². The summed E-state index contributed by atoms with van der Waals surface area (Å²) in [7, 11) is 0. The van der Waals surface area contributed by atoms with Gasteiger partial charge in [-0.25, -0.2) is 0 Å². The highest BCUT2D eigenvalue weighted by atomic mass is 16.4. The molecule has 0 aromatic carbocycles. The number of hydrogen-bond donors (Lipinski definition) is 2. The maximum Gasteiger partial charge on any atom is 0.304 e. The number of carboxylic acids is 1. The number of rotatable bonds is 6. The molecule has 0 aromatic rings. The second-order valence-corrected chi connectivity index (χ2v) is 3.89. The Labute approximate surface area is 80.3 Å².